The van der Waals surface area contributed by atoms with E-state index in [1.54, 1.807) is 0 Å². The summed E-state index contributed by atoms with van der Waals surface area (Å²) in [6.07, 6.45) is -4.36. The zero-order valence-corrected chi connectivity index (χ0v) is 11.1. The summed E-state index contributed by atoms with van der Waals surface area (Å²) in [5.74, 6) is 0. The molecule has 1 aliphatic heterocycles. The quantitative estimate of drug-likeness (QED) is 0.809. The second-order valence-corrected chi connectivity index (χ2v) is 5.19. The number of rotatable bonds is 1. The molecule has 1 nitrogen and oxygen atoms in total. The van der Waals surface area contributed by atoms with Gasteiger partial charge in [0.25, 0.3) is 0 Å². The van der Waals surface area contributed by atoms with Gasteiger partial charge in [0.2, 0.25) is 0 Å². The third-order valence-electron chi connectivity index (χ3n) is 3.44. The van der Waals surface area contributed by atoms with Crippen molar-refractivity contribution in [3.05, 3.63) is 58.1 Å². The molecule has 1 heterocycles. The van der Waals surface area contributed by atoms with Crippen LogP contribution in [0.4, 0.5) is 13.2 Å². The van der Waals surface area contributed by atoms with Crippen LogP contribution in [0.25, 0.3) is 11.1 Å². The Balaban J connectivity index is 2.09. The van der Waals surface area contributed by atoms with Gasteiger partial charge in [-0.15, -0.1) is 0 Å². The lowest BCUT2D eigenvalue weighted by Crippen LogP contribution is -2.04. The highest BCUT2D eigenvalue weighted by Gasteiger charge is 2.31. The molecule has 0 radical (unpaired) electrons. The molecule has 3 rings (SSSR count). The molecule has 0 aromatic heterocycles. The molecule has 0 bridgehead atoms. The number of fused-ring (bicyclic) bond motifs is 1. The van der Waals surface area contributed by atoms with Crippen molar-refractivity contribution < 1.29 is 13.2 Å². The molecule has 0 unspecified atom stereocenters. The predicted octanol–water partition coefficient (Wildman–Crippen LogP) is 4.63. The van der Waals surface area contributed by atoms with E-state index >= 15 is 0 Å². The van der Waals surface area contributed by atoms with Crippen molar-refractivity contribution in [3.63, 3.8) is 0 Å². The minimum absolute atomic E-state index is 0.323. The van der Waals surface area contributed by atoms with Gasteiger partial charge in [0.15, 0.2) is 0 Å². The monoisotopic (exact) mass is 297 g/mol. The molecule has 1 aliphatic rings. The van der Waals surface area contributed by atoms with Crippen LogP contribution in [0.1, 0.15) is 16.7 Å². The highest BCUT2D eigenvalue weighted by atomic mass is 35.5. The lowest BCUT2D eigenvalue weighted by Gasteiger charge is -2.11. The van der Waals surface area contributed by atoms with Crippen molar-refractivity contribution in [3.8, 4) is 11.1 Å². The summed E-state index contributed by atoms with van der Waals surface area (Å²) in [5, 5.41) is 3.53. The molecule has 0 saturated heterocycles. The molecule has 0 spiro atoms. The van der Waals surface area contributed by atoms with E-state index < -0.39 is 11.7 Å². The summed E-state index contributed by atoms with van der Waals surface area (Å²) in [6.45, 7) is 1.53. The first-order valence-corrected chi connectivity index (χ1v) is 6.52. The van der Waals surface area contributed by atoms with Crippen LogP contribution in [0.2, 0.25) is 5.02 Å². The first-order chi connectivity index (χ1) is 9.45. The normalized spacial score (nSPS) is 14.4. The van der Waals surface area contributed by atoms with Gasteiger partial charge < -0.3 is 5.32 Å². The molecule has 2 aromatic carbocycles. The fourth-order valence-corrected chi connectivity index (χ4v) is 2.61. The second-order valence-electron chi connectivity index (χ2n) is 4.78. The van der Waals surface area contributed by atoms with Crippen molar-refractivity contribution in [2.45, 2.75) is 19.3 Å². The third kappa shape index (κ3) is 2.41. The van der Waals surface area contributed by atoms with Gasteiger partial charge in [-0.3, -0.25) is 0 Å². The van der Waals surface area contributed by atoms with E-state index in [4.69, 9.17) is 11.6 Å². The summed E-state index contributed by atoms with van der Waals surface area (Å²) < 4.78 is 38.3. The van der Waals surface area contributed by atoms with E-state index in [9.17, 15) is 13.2 Å². The van der Waals surface area contributed by atoms with Gasteiger partial charge in [0.05, 0.1) is 5.56 Å². The Bertz CT molecular complexity index is 665. The summed E-state index contributed by atoms with van der Waals surface area (Å²) in [4.78, 5) is 0. The molecule has 0 saturated carbocycles. The van der Waals surface area contributed by atoms with Crippen LogP contribution in [0, 0.1) is 0 Å². The number of hydrogen-bond acceptors (Lipinski definition) is 1. The van der Waals surface area contributed by atoms with E-state index in [2.05, 4.69) is 5.32 Å². The molecular formula is C15H11ClF3N. The SMILES string of the molecule is FC(F)(F)c1ccc(Cl)c(-c2ccc3c(c2)CNC3)c1. The van der Waals surface area contributed by atoms with Crippen LogP contribution in [-0.4, -0.2) is 0 Å². The fraction of sp³-hybridized carbons (Fsp3) is 0.200. The minimum Gasteiger partial charge on any atom is -0.309 e. The van der Waals surface area contributed by atoms with E-state index in [1.807, 2.05) is 18.2 Å². The van der Waals surface area contributed by atoms with Gasteiger partial charge in [0, 0.05) is 23.7 Å². The van der Waals surface area contributed by atoms with Crippen LogP contribution in [-0.2, 0) is 19.3 Å². The Kier molecular flexibility index (Phi) is 3.22. The number of nitrogens with one attached hydrogen (secondary N) is 1. The molecule has 0 aliphatic carbocycles. The molecule has 104 valence electrons. The van der Waals surface area contributed by atoms with Crippen LogP contribution in [0.3, 0.4) is 0 Å². The molecule has 5 heteroatoms. The largest absolute Gasteiger partial charge is 0.416 e. The Hall–Kier alpha value is -1.52. The number of halogens is 4. The van der Waals surface area contributed by atoms with Crippen molar-refractivity contribution in [1.29, 1.82) is 0 Å². The number of alkyl halides is 3. The van der Waals surface area contributed by atoms with Crippen LogP contribution < -0.4 is 5.32 Å². The van der Waals surface area contributed by atoms with Crippen molar-refractivity contribution in [1.82, 2.24) is 5.32 Å². The van der Waals surface area contributed by atoms with Gasteiger partial charge in [-0.25, -0.2) is 0 Å². The Morgan fingerprint density at radius 1 is 0.950 bits per heavy atom. The van der Waals surface area contributed by atoms with Gasteiger partial charge in [-0.1, -0.05) is 23.7 Å². The highest BCUT2D eigenvalue weighted by molar-refractivity contribution is 6.33. The van der Waals surface area contributed by atoms with Crippen molar-refractivity contribution in [2.75, 3.05) is 0 Å². The van der Waals surface area contributed by atoms with E-state index in [0.717, 1.165) is 30.8 Å². The van der Waals surface area contributed by atoms with Gasteiger partial charge >= 0.3 is 6.18 Å². The molecule has 0 fully saturated rings. The predicted molar refractivity (Wildman–Crippen MR) is 72.4 cm³/mol. The highest BCUT2D eigenvalue weighted by Crippen LogP contribution is 2.36. The summed E-state index contributed by atoms with van der Waals surface area (Å²) in [5.41, 5.74) is 2.73. The molecule has 0 atom stereocenters. The van der Waals surface area contributed by atoms with Gasteiger partial charge in [0.1, 0.15) is 0 Å². The zero-order chi connectivity index (χ0) is 14.3. The summed E-state index contributed by atoms with van der Waals surface area (Å²) >= 11 is 6.05. The van der Waals surface area contributed by atoms with Gasteiger partial charge in [-0.2, -0.15) is 13.2 Å². The standard InChI is InChI=1S/C15H11ClF3N/c16-14-4-3-12(15(17,18)19)6-13(14)9-1-2-10-7-20-8-11(10)5-9/h1-6,20H,7-8H2. The third-order valence-corrected chi connectivity index (χ3v) is 3.77. The lowest BCUT2D eigenvalue weighted by molar-refractivity contribution is -0.137. The van der Waals surface area contributed by atoms with Crippen LogP contribution in [0.15, 0.2) is 36.4 Å². The van der Waals surface area contributed by atoms with Crippen LogP contribution >= 0.6 is 11.6 Å². The average molecular weight is 298 g/mol. The topological polar surface area (TPSA) is 12.0 Å². The van der Waals surface area contributed by atoms with Crippen molar-refractivity contribution in [2.24, 2.45) is 0 Å². The molecule has 0 amide bonds. The van der Waals surface area contributed by atoms with Crippen molar-refractivity contribution >= 4 is 11.6 Å². The Morgan fingerprint density at radius 3 is 2.45 bits per heavy atom. The molecule has 20 heavy (non-hydrogen) atoms. The van der Waals surface area contributed by atoms with E-state index in [0.29, 0.717) is 16.1 Å². The van der Waals surface area contributed by atoms with Crippen LogP contribution in [0.5, 0.6) is 0 Å². The van der Waals surface area contributed by atoms with Gasteiger partial charge in [-0.05, 0) is 41.0 Å². The van der Waals surface area contributed by atoms with E-state index in [-0.39, 0.29) is 0 Å². The second kappa shape index (κ2) is 4.79. The molecule has 1 N–H and O–H groups in total. The van der Waals surface area contributed by atoms with E-state index in [1.165, 1.54) is 11.6 Å². The lowest BCUT2D eigenvalue weighted by atomic mass is 9.99. The smallest absolute Gasteiger partial charge is 0.309 e. The summed E-state index contributed by atoms with van der Waals surface area (Å²) in [6, 6.07) is 9.05. The Morgan fingerprint density at radius 2 is 1.70 bits per heavy atom. The molecular weight excluding hydrogens is 287 g/mol. The maximum absolute atomic E-state index is 12.8. The average Bonchev–Trinajstić information content (AvgIpc) is 2.85. The Labute approximate surface area is 119 Å². The maximum Gasteiger partial charge on any atom is 0.416 e. The first kappa shape index (κ1) is 13.5. The first-order valence-electron chi connectivity index (χ1n) is 6.15. The fourth-order valence-electron chi connectivity index (χ4n) is 2.39. The number of benzene rings is 2. The zero-order valence-electron chi connectivity index (χ0n) is 10.4. The summed E-state index contributed by atoms with van der Waals surface area (Å²) in [7, 11) is 0. The number of hydrogen-bond donors (Lipinski definition) is 1. The molecule has 2 aromatic rings. The minimum atomic E-state index is -4.36. The maximum atomic E-state index is 12.8.